The highest BCUT2D eigenvalue weighted by Crippen LogP contribution is 2.34. The van der Waals surface area contributed by atoms with Gasteiger partial charge in [0.15, 0.2) is 34.9 Å². The third kappa shape index (κ3) is 19.4. The normalized spacial score (nSPS) is 10.7. The molecule has 4 aromatic heterocycles. The molecule has 118 heavy (non-hydrogen) atoms. The van der Waals surface area contributed by atoms with E-state index in [9.17, 15) is 0 Å². The van der Waals surface area contributed by atoms with Crippen LogP contribution in [-0.4, -0.2) is 54.8 Å². The predicted octanol–water partition coefficient (Wildman–Crippen LogP) is 26.3. The molecule has 0 atom stereocenters. The van der Waals surface area contributed by atoms with Gasteiger partial charge in [-0.05, 0) is 124 Å². The van der Waals surface area contributed by atoms with Gasteiger partial charge in [-0.2, -0.15) is 0 Å². The van der Waals surface area contributed by atoms with Crippen molar-refractivity contribution in [3.05, 3.63) is 442 Å². The Morgan fingerprint density at radius 3 is 0.500 bits per heavy atom. The summed E-state index contributed by atoms with van der Waals surface area (Å²) < 4.78 is 0. The van der Waals surface area contributed by atoms with Gasteiger partial charge in [-0.25, -0.2) is 54.8 Å². The van der Waals surface area contributed by atoms with Gasteiger partial charge in [0.1, 0.15) is 23.3 Å². The van der Waals surface area contributed by atoms with Crippen molar-refractivity contribution < 1.29 is 0 Å². The Labute approximate surface area is 688 Å². The van der Waals surface area contributed by atoms with Crippen LogP contribution in [0.15, 0.2) is 419 Å². The molecule has 0 saturated carbocycles. The number of hydrogen-bond acceptors (Lipinski definition) is 11. The van der Waals surface area contributed by atoms with Crippen molar-refractivity contribution >= 4 is 0 Å². The number of nitrogens with zero attached hydrogens (tertiary/aromatic N) is 11. The van der Waals surface area contributed by atoms with Crippen molar-refractivity contribution in [1.82, 2.24) is 54.8 Å². The second kappa shape index (κ2) is 36.9. The Bertz CT molecular complexity index is 5980. The number of rotatable bonds is 15. The second-order valence-corrected chi connectivity index (χ2v) is 28.3. The van der Waals surface area contributed by atoms with E-state index in [2.05, 4.69) is 306 Å². The van der Waals surface area contributed by atoms with Gasteiger partial charge in [0.2, 0.25) is 0 Å². The molecular formula is C107H81N11. The van der Waals surface area contributed by atoms with E-state index in [0.29, 0.717) is 46.6 Å². The summed E-state index contributed by atoms with van der Waals surface area (Å²) in [6, 6.07) is 143. The van der Waals surface area contributed by atoms with Crippen molar-refractivity contribution in [3.63, 3.8) is 0 Å². The summed E-state index contributed by atoms with van der Waals surface area (Å²) in [6.07, 6.45) is 0. The maximum Gasteiger partial charge on any atom is 0.163 e. The van der Waals surface area contributed by atoms with E-state index in [-0.39, 0.29) is 0 Å². The Morgan fingerprint density at radius 2 is 0.263 bits per heavy atom. The maximum atomic E-state index is 4.82. The molecule has 0 unspecified atom stereocenters. The van der Waals surface area contributed by atoms with Crippen LogP contribution in [0.25, 0.3) is 169 Å². The molecule has 0 radical (unpaired) electrons. The third-order valence-electron chi connectivity index (χ3n) is 19.9. The average molecular weight is 1520 g/mol. The van der Waals surface area contributed by atoms with E-state index >= 15 is 0 Å². The summed E-state index contributed by atoms with van der Waals surface area (Å²) in [5, 5.41) is 0. The van der Waals surface area contributed by atoms with Crippen LogP contribution in [0.2, 0.25) is 0 Å². The van der Waals surface area contributed by atoms with Crippen LogP contribution in [0, 0.1) is 27.7 Å². The van der Waals surface area contributed by atoms with Gasteiger partial charge < -0.3 is 0 Å². The first-order valence-electron chi connectivity index (χ1n) is 39.3. The predicted molar refractivity (Wildman–Crippen MR) is 482 cm³/mol. The zero-order chi connectivity index (χ0) is 80.2. The standard InChI is InChI=1S/C29H22N2.2C28H21N3.C22H17N3/c1-21-30-28(26-16-12-24(13-17-26)22-8-4-2-5-9-22)20-29(31-21)27-18-14-25(15-19-27)23-10-6-3-7-11-23;1-20-29-27(25-16-8-14-23(18-25)21-10-4-2-5-11-21)31-28(30-20)26-17-9-15-24(19-26)22-12-6-3-7-13-22;1-20-29-27(25-16-12-23(13-17-25)21-8-4-2-5-9-21)31-28(30-20)26-18-14-24(15-19-26)22-10-6-3-7-11-22;1-16-23-21(19-10-6-3-7-11-19)25-22(24-16)20-14-12-18(13-15-20)17-8-4-2-5-9-17/h2-20H,1H3;2*2-19H,1H3;2-15H,1H3. The summed E-state index contributed by atoms with van der Waals surface area (Å²) in [4.78, 5) is 51.0. The van der Waals surface area contributed by atoms with E-state index < -0.39 is 0 Å². The lowest BCUT2D eigenvalue weighted by Gasteiger charge is -2.09. The molecule has 0 N–H and O–H groups in total. The molecule has 11 nitrogen and oxygen atoms in total. The lowest BCUT2D eigenvalue weighted by Crippen LogP contribution is -1.99. The van der Waals surface area contributed by atoms with Crippen molar-refractivity contribution in [3.8, 4) is 169 Å². The molecular weight excluding hydrogens is 1440 g/mol. The van der Waals surface area contributed by atoms with Crippen molar-refractivity contribution in [2.24, 2.45) is 0 Å². The fourth-order valence-electron chi connectivity index (χ4n) is 13.9. The SMILES string of the molecule is Cc1nc(-c2ccc(-c3ccccc3)cc2)cc(-c2ccc(-c3ccccc3)cc2)n1.Cc1nc(-c2ccc(-c3ccccc3)cc2)nc(-c2ccc(-c3ccccc3)cc2)n1.Cc1nc(-c2cccc(-c3ccccc3)c2)nc(-c2cccc(-c3ccccc3)c2)n1.Cc1nc(-c2ccccc2)nc(-c2ccc(-c3ccccc3)cc2)n1. The van der Waals surface area contributed by atoms with E-state index in [1.807, 2.05) is 185 Å². The van der Waals surface area contributed by atoms with Crippen molar-refractivity contribution in [2.75, 3.05) is 0 Å². The minimum absolute atomic E-state index is 0.686. The first-order valence-corrected chi connectivity index (χ1v) is 39.3. The Kier molecular flexibility index (Phi) is 23.9. The fourth-order valence-corrected chi connectivity index (χ4v) is 13.9. The summed E-state index contributed by atoms with van der Waals surface area (Å²) >= 11 is 0. The van der Waals surface area contributed by atoms with Crippen LogP contribution >= 0.6 is 0 Å². The highest BCUT2D eigenvalue weighted by atomic mass is 15.0. The van der Waals surface area contributed by atoms with Gasteiger partial charge in [-0.1, -0.05) is 400 Å². The molecule has 11 heteroatoms. The summed E-state index contributed by atoms with van der Waals surface area (Å²) in [5.74, 6) is 7.05. The molecule has 15 aromatic carbocycles. The average Bonchev–Trinajstić information content (AvgIpc) is 0.815. The molecule has 0 fully saturated rings. The van der Waals surface area contributed by atoms with Crippen molar-refractivity contribution in [1.29, 1.82) is 0 Å². The second-order valence-electron chi connectivity index (χ2n) is 28.3. The quantitative estimate of drug-likeness (QED) is 0.0968. The largest absolute Gasteiger partial charge is 0.233 e. The van der Waals surface area contributed by atoms with Gasteiger partial charge in [-0.3, -0.25) is 0 Å². The first-order chi connectivity index (χ1) is 58.1. The maximum absolute atomic E-state index is 4.82. The number of aryl methyl sites for hydroxylation is 4. The van der Waals surface area contributed by atoms with Crippen LogP contribution in [0.5, 0.6) is 0 Å². The summed E-state index contributed by atoms with van der Waals surface area (Å²) in [6.45, 7) is 7.67. The first kappa shape index (κ1) is 76.4. The molecule has 19 rings (SSSR count). The molecule has 0 saturated heterocycles. The molecule has 0 aliphatic heterocycles. The van der Waals surface area contributed by atoms with Crippen LogP contribution in [0.3, 0.4) is 0 Å². The number of hydrogen-bond donors (Lipinski definition) is 0. The van der Waals surface area contributed by atoms with Gasteiger partial charge in [0.25, 0.3) is 0 Å². The highest BCUT2D eigenvalue weighted by Gasteiger charge is 2.16. The Morgan fingerprint density at radius 1 is 0.110 bits per heavy atom. The minimum atomic E-state index is 0.686. The molecule has 0 aliphatic carbocycles. The zero-order valence-corrected chi connectivity index (χ0v) is 65.8. The molecule has 0 aliphatic rings. The van der Waals surface area contributed by atoms with E-state index in [0.717, 1.165) is 78.7 Å². The van der Waals surface area contributed by atoms with Crippen LogP contribution in [0.1, 0.15) is 23.3 Å². The lowest BCUT2D eigenvalue weighted by molar-refractivity contribution is 0.991. The summed E-state index contributed by atoms with van der Waals surface area (Å²) in [7, 11) is 0. The molecule has 0 amide bonds. The van der Waals surface area contributed by atoms with Gasteiger partial charge >= 0.3 is 0 Å². The zero-order valence-electron chi connectivity index (χ0n) is 65.8. The van der Waals surface area contributed by atoms with Crippen LogP contribution < -0.4 is 0 Å². The molecule has 19 aromatic rings. The Hall–Kier alpha value is -15.6. The molecule has 0 spiro atoms. The highest BCUT2D eigenvalue weighted by molar-refractivity contribution is 5.78. The van der Waals surface area contributed by atoms with Gasteiger partial charge in [0.05, 0.1) is 11.4 Å². The molecule has 564 valence electrons. The minimum Gasteiger partial charge on any atom is -0.233 e. The number of benzene rings is 15. The topological polar surface area (TPSA) is 142 Å². The summed E-state index contributed by atoms with van der Waals surface area (Å²) in [5.41, 5.74) is 26.5. The van der Waals surface area contributed by atoms with Crippen LogP contribution in [0.4, 0.5) is 0 Å². The fraction of sp³-hybridized carbons (Fsp3) is 0.0374. The van der Waals surface area contributed by atoms with Crippen molar-refractivity contribution in [2.45, 2.75) is 27.7 Å². The van der Waals surface area contributed by atoms with E-state index in [4.69, 9.17) is 9.97 Å². The molecule has 4 heterocycles. The smallest absolute Gasteiger partial charge is 0.163 e. The molecule has 0 bridgehead atoms. The van der Waals surface area contributed by atoms with Gasteiger partial charge in [0, 0.05) is 44.5 Å². The van der Waals surface area contributed by atoms with E-state index in [1.54, 1.807) is 0 Å². The number of aromatic nitrogens is 11. The lowest BCUT2D eigenvalue weighted by atomic mass is 10.0. The monoisotopic (exact) mass is 1520 g/mol. The Balaban J connectivity index is 0.000000118. The van der Waals surface area contributed by atoms with Crippen LogP contribution in [-0.2, 0) is 0 Å². The van der Waals surface area contributed by atoms with Gasteiger partial charge in [-0.15, -0.1) is 0 Å². The van der Waals surface area contributed by atoms with E-state index in [1.165, 1.54) is 66.8 Å². The third-order valence-corrected chi connectivity index (χ3v) is 19.9.